The van der Waals surface area contributed by atoms with Gasteiger partial charge in [-0.15, -0.1) is 0 Å². The summed E-state index contributed by atoms with van der Waals surface area (Å²) in [5.74, 6) is 4.56. The maximum Gasteiger partial charge on any atom is 0.133 e. The molecule has 4 aliphatic rings. The van der Waals surface area contributed by atoms with Gasteiger partial charge in [-0.05, 0) is 97.2 Å². The highest BCUT2D eigenvalue weighted by molar-refractivity contribution is 5.79. The predicted octanol–water partition coefficient (Wildman–Crippen LogP) is 5.62. The van der Waals surface area contributed by atoms with Crippen LogP contribution in [-0.2, 0) is 4.79 Å². The van der Waals surface area contributed by atoms with Gasteiger partial charge in [0.2, 0.25) is 0 Å². The van der Waals surface area contributed by atoms with E-state index in [-0.39, 0.29) is 5.41 Å². The average Bonchev–Trinajstić information content (AvgIpc) is 2.93. The number of hydrogen-bond acceptors (Lipinski definition) is 2. The van der Waals surface area contributed by atoms with Crippen LogP contribution in [0.25, 0.3) is 0 Å². The van der Waals surface area contributed by atoms with E-state index in [9.17, 15) is 9.90 Å². The zero-order valence-electron chi connectivity index (χ0n) is 17.5. The Morgan fingerprint density at radius 2 is 1.73 bits per heavy atom. The second-order valence-electron chi connectivity index (χ2n) is 11.5. The molecule has 4 rings (SSSR count). The summed E-state index contributed by atoms with van der Waals surface area (Å²) in [4.78, 5) is 12.0. The van der Waals surface area contributed by atoms with E-state index in [1.54, 1.807) is 0 Å². The molecule has 26 heavy (non-hydrogen) atoms. The van der Waals surface area contributed by atoms with Crippen LogP contribution in [0.3, 0.4) is 0 Å². The molecule has 4 fully saturated rings. The van der Waals surface area contributed by atoms with Crippen molar-refractivity contribution < 1.29 is 9.90 Å². The zero-order chi connectivity index (χ0) is 18.7. The van der Waals surface area contributed by atoms with E-state index >= 15 is 0 Å². The van der Waals surface area contributed by atoms with Crippen molar-refractivity contribution in [3.8, 4) is 0 Å². The molecular weight excluding hydrogens is 320 g/mol. The zero-order valence-corrected chi connectivity index (χ0v) is 17.5. The first-order valence-electron chi connectivity index (χ1n) is 11.3. The number of rotatable bonds is 3. The second-order valence-corrected chi connectivity index (χ2v) is 11.5. The fraction of sp³-hybridized carbons (Fsp3) is 0.958. The van der Waals surface area contributed by atoms with E-state index in [2.05, 4.69) is 27.7 Å². The van der Waals surface area contributed by atoms with Gasteiger partial charge in [0.25, 0.3) is 0 Å². The van der Waals surface area contributed by atoms with Crippen LogP contribution in [0, 0.1) is 45.8 Å². The van der Waals surface area contributed by atoms with Gasteiger partial charge in [0, 0.05) is 19.4 Å². The van der Waals surface area contributed by atoms with Gasteiger partial charge in [-0.25, -0.2) is 0 Å². The molecule has 0 radical (unpaired) electrons. The molecule has 148 valence electrons. The molecule has 2 nitrogen and oxygen atoms in total. The Labute approximate surface area is 160 Å². The summed E-state index contributed by atoms with van der Waals surface area (Å²) < 4.78 is 0. The van der Waals surface area contributed by atoms with Crippen molar-refractivity contribution in [2.75, 3.05) is 6.61 Å². The lowest BCUT2D eigenvalue weighted by Crippen LogP contribution is -2.54. The maximum atomic E-state index is 12.0. The van der Waals surface area contributed by atoms with Gasteiger partial charge in [0.05, 0.1) is 0 Å². The average molecular weight is 361 g/mol. The minimum Gasteiger partial charge on any atom is -0.396 e. The minimum atomic E-state index is 0.253. The van der Waals surface area contributed by atoms with E-state index < -0.39 is 0 Å². The number of carbonyl (C=O) groups is 1. The molecule has 4 aliphatic carbocycles. The van der Waals surface area contributed by atoms with Crippen LogP contribution in [0.1, 0.15) is 91.9 Å². The number of carbonyl (C=O) groups excluding carboxylic acids is 1. The molecule has 0 bridgehead atoms. The van der Waals surface area contributed by atoms with Gasteiger partial charge in [-0.3, -0.25) is 4.79 Å². The van der Waals surface area contributed by atoms with Crippen LogP contribution in [0.2, 0.25) is 0 Å². The van der Waals surface area contributed by atoms with Crippen molar-refractivity contribution >= 4 is 5.78 Å². The number of aliphatic hydroxyl groups is 1. The molecular formula is C24H40O2. The molecule has 0 saturated heterocycles. The normalized spacial score (nSPS) is 48.7. The molecule has 1 N–H and O–H groups in total. The first kappa shape index (κ1) is 19.0. The number of hydrogen-bond donors (Lipinski definition) is 1. The first-order valence-corrected chi connectivity index (χ1v) is 11.3. The molecule has 0 aromatic carbocycles. The lowest BCUT2D eigenvalue weighted by atomic mass is 9.44. The van der Waals surface area contributed by atoms with E-state index in [1.807, 2.05) is 0 Å². The molecule has 0 aromatic rings. The highest BCUT2D eigenvalue weighted by atomic mass is 16.3. The molecule has 0 amide bonds. The summed E-state index contributed by atoms with van der Waals surface area (Å²) in [5.41, 5.74) is 1.15. The third kappa shape index (κ3) is 2.65. The highest BCUT2D eigenvalue weighted by Gasteiger charge is 2.61. The quantitative estimate of drug-likeness (QED) is 0.709. The Bertz CT molecular complexity index is 567. The second kappa shape index (κ2) is 6.33. The van der Waals surface area contributed by atoms with Crippen molar-refractivity contribution in [1.82, 2.24) is 0 Å². The highest BCUT2D eigenvalue weighted by Crippen LogP contribution is 2.69. The maximum absolute atomic E-state index is 12.0. The summed E-state index contributed by atoms with van der Waals surface area (Å²) in [5, 5.41) is 9.59. The first-order chi connectivity index (χ1) is 12.2. The lowest BCUT2D eigenvalue weighted by Gasteiger charge is -2.61. The van der Waals surface area contributed by atoms with Gasteiger partial charge in [0.1, 0.15) is 5.78 Å². The Morgan fingerprint density at radius 3 is 2.46 bits per heavy atom. The standard InChI is InChI=1S/C24H40O2/c1-22(2,13-14-25)21-8-7-19-18-6-5-16-15-17(26)9-11-23(16,3)20(18)10-12-24(19,21)4/h16,18-21,25H,5-15H2,1-4H3/t16?,18-,19-,20+,21?,23-,24-/m0/s1. The van der Waals surface area contributed by atoms with Crippen molar-refractivity contribution in [1.29, 1.82) is 0 Å². The lowest BCUT2D eigenvalue weighted by molar-refractivity contribution is -0.142. The molecule has 0 aromatic heterocycles. The smallest absolute Gasteiger partial charge is 0.133 e. The third-order valence-electron chi connectivity index (χ3n) is 10.2. The Balaban J connectivity index is 1.59. The van der Waals surface area contributed by atoms with Gasteiger partial charge in [-0.2, -0.15) is 0 Å². The predicted molar refractivity (Wildman–Crippen MR) is 106 cm³/mol. The topological polar surface area (TPSA) is 37.3 Å². The molecule has 4 saturated carbocycles. The van der Waals surface area contributed by atoms with Crippen LogP contribution in [0.5, 0.6) is 0 Å². The van der Waals surface area contributed by atoms with Crippen molar-refractivity contribution in [2.24, 2.45) is 45.8 Å². The van der Waals surface area contributed by atoms with Crippen molar-refractivity contribution in [3.05, 3.63) is 0 Å². The Hall–Kier alpha value is -0.370. The van der Waals surface area contributed by atoms with Gasteiger partial charge < -0.3 is 5.11 Å². The molecule has 2 unspecified atom stereocenters. The van der Waals surface area contributed by atoms with Crippen LogP contribution >= 0.6 is 0 Å². The van der Waals surface area contributed by atoms with E-state index in [4.69, 9.17) is 0 Å². The summed E-state index contributed by atoms with van der Waals surface area (Å²) in [6, 6.07) is 0. The summed E-state index contributed by atoms with van der Waals surface area (Å²) in [7, 11) is 0. The van der Waals surface area contributed by atoms with Gasteiger partial charge in [-0.1, -0.05) is 27.7 Å². The molecule has 0 heterocycles. The summed E-state index contributed by atoms with van der Waals surface area (Å²) >= 11 is 0. The Morgan fingerprint density at radius 1 is 1.00 bits per heavy atom. The molecule has 0 spiro atoms. The van der Waals surface area contributed by atoms with Crippen LogP contribution in [-0.4, -0.2) is 17.5 Å². The number of ketones is 1. The van der Waals surface area contributed by atoms with E-state index in [0.29, 0.717) is 29.1 Å². The summed E-state index contributed by atoms with van der Waals surface area (Å²) in [6.45, 7) is 10.3. The van der Waals surface area contributed by atoms with Gasteiger partial charge in [0.15, 0.2) is 0 Å². The van der Waals surface area contributed by atoms with Crippen LogP contribution in [0.4, 0.5) is 0 Å². The molecule has 2 heteroatoms. The SMILES string of the molecule is CC(C)(CCO)C1CC[C@H]2[C@@H]3CCC4CC(=O)CC[C@]4(C)[C@@H]3CC[C@]12C. The minimum absolute atomic E-state index is 0.253. The molecule has 0 aliphatic heterocycles. The number of aliphatic hydroxyl groups excluding tert-OH is 1. The largest absolute Gasteiger partial charge is 0.396 e. The fourth-order valence-electron chi connectivity index (χ4n) is 8.79. The van der Waals surface area contributed by atoms with Crippen molar-refractivity contribution in [3.63, 3.8) is 0 Å². The molecule has 7 atom stereocenters. The van der Waals surface area contributed by atoms with E-state index in [0.717, 1.165) is 49.4 Å². The summed E-state index contributed by atoms with van der Waals surface area (Å²) in [6.07, 6.45) is 12.0. The monoisotopic (exact) mass is 360 g/mol. The van der Waals surface area contributed by atoms with Crippen LogP contribution < -0.4 is 0 Å². The fourth-order valence-corrected chi connectivity index (χ4v) is 8.79. The third-order valence-corrected chi connectivity index (χ3v) is 10.2. The van der Waals surface area contributed by atoms with Crippen molar-refractivity contribution in [2.45, 2.75) is 91.9 Å². The van der Waals surface area contributed by atoms with Gasteiger partial charge >= 0.3 is 0 Å². The Kier molecular flexibility index (Phi) is 4.61. The van der Waals surface area contributed by atoms with E-state index in [1.165, 1.54) is 38.5 Å². The number of Topliss-reactive ketones (excluding diaryl/α,β-unsaturated/α-hetero) is 1. The van der Waals surface area contributed by atoms with Crippen LogP contribution in [0.15, 0.2) is 0 Å². The number of fused-ring (bicyclic) bond motifs is 5.